The predicted molar refractivity (Wildman–Crippen MR) is 102 cm³/mol. The summed E-state index contributed by atoms with van der Waals surface area (Å²) in [5.74, 6) is 0. The molecule has 0 saturated heterocycles. The lowest BCUT2D eigenvalue weighted by Gasteiger charge is -2.15. The fourth-order valence-electron chi connectivity index (χ4n) is 2.58. The molecule has 0 aliphatic rings. The molecule has 0 aliphatic heterocycles. The zero-order valence-electron chi connectivity index (χ0n) is 11.7. The topological polar surface area (TPSA) is 0 Å². The normalized spacial score (nSPS) is 11.1. The molecule has 106 valence electrons. The number of hydrogen-bond donors (Lipinski definition) is 0. The average Bonchev–Trinajstić information content (AvgIpc) is 2.46. The van der Waals surface area contributed by atoms with Gasteiger partial charge in [-0.2, -0.15) is 0 Å². The molecule has 0 saturated carbocycles. The van der Waals surface area contributed by atoms with Crippen LogP contribution < -0.4 is 0 Å². The van der Waals surface area contributed by atoms with Gasteiger partial charge in [-0.1, -0.05) is 53.6 Å². The second-order valence-electron chi connectivity index (χ2n) is 5.24. The van der Waals surface area contributed by atoms with Gasteiger partial charge >= 0.3 is 0 Å². The first-order valence-corrected chi connectivity index (χ1v) is 9.01. The van der Waals surface area contributed by atoms with Crippen molar-refractivity contribution in [3.63, 3.8) is 0 Å². The van der Waals surface area contributed by atoms with Gasteiger partial charge in [0.2, 0.25) is 0 Å². The molecule has 0 aromatic heterocycles. The summed E-state index contributed by atoms with van der Waals surface area (Å²) in [6.07, 6.45) is 0. The van der Waals surface area contributed by atoms with Crippen LogP contribution in [0.15, 0.2) is 55.9 Å². The van der Waals surface area contributed by atoms with Crippen LogP contribution in [-0.2, 0) is 0 Å². The Balaban J connectivity index is 2.47. The second kappa shape index (κ2) is 5.86. The van der Waals surface area contributed by atoms with Crippen LogP contribution in [-0.4, -0.2) is 0 Å². The molecule has 0 atom stereocenters. The lowest BCUT2D eigenvalue weighted by atomic mass is 9.96. The Labute approximate surface area is 150 Å². The van der Waals surface area contributed by atoms with Gasteiger partial charge in [0.15, 0.2) is 0 Å². The number of benzene rings is 3. The van der Waals surface area contributed by atoms with Crippen LogP contribution >= 0.6 is 47.8 Å². The monoisotopic (exact) mass is 466 g/mol. The maximum atomic E-state index is 3.76. The molecule has 0 heterocycles. The Morgan fingerprint density at radius 2 is 1.38 bits per heavy atom. The summed E-state index contributed by atoms with van der Waals surface area (Å²) in [6, 6.07) is 15.2. The summed E-state index contributed by atoms with van der Waals surface area (Å²) < 4.78 is 3.22. The van der Waals surface area contributed by atoms with Gasteiger partial charge in [-0.25, -0.2) is 0 Å². The lowest BCUT2D eigenvalue weighted by molar-refractivity contribution is 1.45. The third-order valence-electron chi connectivity index (χ3n) is 3.59. The third kappa shape index (κ3) is 2.71. The third-order valence-corrected chi connectivity index (χ3v) is 7.07. The number of fused-ring (bicyclic) bond motifs is 1. The number of rotatable bonds is 1. The minimum absolute atomic E-state index is 1.05. The Kier molecular flexibility index (Phi) is 4.26. The highest BCUT2D eigenvalue weighted by Gasteiger charge is 2.16. The Morgan fingerprint density at radius 1 is 0.667 bits per heavy atom. The fraction of sp³-hybridized carbons (Fsp3) is 0.111. The minimum atomic E-state index is 1.05. The summed E-state index contributed by atoms with van der Waals surface area (Å²) in [7, 11) is 0. The van der Waals surface area contributed by atoms with Crippen molar-refractivity contribution in [1.29, 1.82) is 0 Å². The van der Waals surface area contributed by atoms with E-state index in [2.05, 4.69) is 104 Å². The molecule has 3 aromatic carbocycles. The summed E-state index contributed by atoms with van der Waals surface area (Å²) in [5, 5.41) is 2.47. The van der Waals surface area contributed by atoms with Crippen molar-refractivity contribution in [2.45, 2.75) is 13.8 Å². The van der Waals surface area contributed by atoms with E-state index in [9.17, 15) is 0 Å². The molecule has 21 heavy (non-hydrogen) atoms. The van der Waals surface area contributed by atoms with E-state index >= 15 is 0 Å². The quantitative estimate of drug-likeness (QED) is 0.326. The van der Waals surface area contributed by atoms with Crippen LogP contribution in [0.4, 0.5) is 0 Å². The van der Waals surface area contributed by atoms with E-state index in [-0.39, 0.29) is 0 Å². The maximum absolute atomic E-state index is 3.76. The number of halogens is 3. The zero-order chi connectivity index (χ0) is 15.1. The SMILES string of the molecule is Cc1cccc(-c2c(Br)c(Br)c(Br)c3cc(C)ccc23)c1. The van der Waals surface area contributed by atoms with Crippen LogP contribution in [0.5, 0.6) is 0 Å². The van der Waals surface area contributed by atoms with Gasteiger partial charge in [0, 0.05) is 19.0 Å². The van der Waals surface area contributed by atoms with Crippen molar-refractivity contribution in [1.82, 2.24) is 0 Å². The van der Waals surface area contributed by atoms with Gasteiger partial charge in [-0.05, 0) is 78.0 Å². The minimum Gasteiger partial charge on any atom is -0.0614 e. The van der Waals surface area contributed by atoms with E-state index in [1.54, 1.807) is 0 Å². The molecule has 0 spiro atoms. The Bertz CT molecular complexity index is 851. The first kappa shape index (κ1) is 15.3. The largest absolute Gasteiger partial charge is 0.0614 e. The van der Waals surface area contributed by atoms with Gasteiger partial charge in [0.1, 0.15) is 0 Å². The van der Waals surface area contributed by atoms with Crippen molar-refractivity contribution in [2.24, 2.45) is 0 Å². The number of aryl methyl sites for hydroxylation is 2. The first-order chi connectivity index (χ1) is 9.99. The van der Waals surface area contributed by atoms with E-state index in [4.69, 9.17) is 0 Å². The fourth-order valence-corrected chi connectivity index (χ4v) is 4.43. The van der Waals surface area contributed by atoms with Crippen LogP contribution in [0.25, 0.3) is 21.9 Å². The molecule has 3 rings (SSSR count). The van der Waals surface area contributed by atoms with Crippen molar-refractivity contribution >= 4 is 58.6 Å². The molecule has 0 N–H and O–H groups in total. The van der Waals surface area contributed by atoms with Crippen LogP contribution in [0.1, 0.15) is 11.1 Å². The van der Waals surface area contributed by atoms with Crippen molar-refractivity contribution < 1.29 is 0 Å². The molecule has 0 amide bonds. The van der Waals surface area contributed by atoms with Crippen molar-refractivity contribution in [3.8, 4) is 11.1 Å². The van der Waals surface area contributed by atoms with Crippen LogP contribution in [0.3, 0.4) is 0 Å². The highest BCUT2D eigenvalue weighted by atomic mass is 79.9. The lowest BCUT2D eigenvalue weighted by Crippen LogP contribution is -1.89. The molecule has 0 bridgehead atoms. The Morgan fingerprint density at radius 3 is 2.10 bits per heavy atom. The summed E-state index contributed by atoms with van der Waals surface area (Å²) in [5.41, 5.74) is 4.97. The molecule has 0 aliphatic carbocycles. The molecule has 0 unspecified atom stereocenters. The van der Waals surface area contributed by atoms with Crippen LogP contribution in [0, 0.1) is 13.8 Å². The highest BCUT2D eigenvalue weighted by molar-refractivity contribution is 9.14. The van der Waals surface area contributed by atoms with Gasteiger partial charge in [-0.15, -0.1) is 0 Å². The summed E-state index contributed by atoms with van der Waals surface area (Å²) in [4.78, 5) is 0. The molecule has 0 nitrogen and oxygen atoms in total. The van der Waals surface area contributed by atoms with E-state index < -0.39 is 0 Å². The number of hydrogen-bond acceptors (Lipinski definition) is 0. The van der Waals surface area contributed by atoms with Gasteiger partial charge in [-0.3, -0.25) is 0 Å². The second-order valence-corrected chi connectivity index (χ2v) is 7.61. The molecule has 3 heteroatoms. The van der Waals surface area contributed by atoms with Crippen LogP contribution in [0.2, 0.25) is 0 Å². The average molecular weight is 469 g/mol. The Hall–Kier alpha value is -0.640. The molecule has 0 radical (unpaired) electrons. The van der Waals surface area contributed by atoms with Crippen molar-refractivity contribution in [3.05, 3.63) is 67.0 Å². The van der Waals surface area contributed by atoms with Gasteiger partial charge < -0.3 is 0 Å². The van der Waals surface area contributed by atoms with Gasteiger partial charge in [0.25, 0.3) is 0 Å². The highest BCUT2D eigenvalue weighted by Crippen LogP contribution is 2.45. The van der Waals surface area contributed by atoms with E-state index in [0.717, 1.165) is 13.4 Å². The summed E-state index contributed by atoms with van der Waals surface area (Å²) >= 11 is 11.2. The van der Waals surface area contributed by atoms with Gasteiger partial charge in [0.05, 0.1) is 0 Å². The molecular weight excluding hydrogens is 456 g/mol. The van der Waals surface area contributed by atoms with E-state index in [0.29, 0.717) is 0 Å². The maximum Gasteiger partial charge on any atom is 0.0472 e. The molecular formula is C18H13Br3. The zero-order valence-corrected chi connectivity index (χ0v) is 16.4. The van der Waals surface area contributed by atoms with E-state index in [1.807, 2.05) is 0 Å². The molecule has 0 fully saturated rings. The van der Waals surface area contributed by atoms with Crippen molar-refractivity contribution in [2.75, 3.05) is 0 Å². The first-order valence-electron chi connectivity index (χ1n) is 6.63. The predicted octanol–water partition coefficient (Wildman–Crippen LogP) is 7.41. The molecule has 3 aromatic rings. The standard InChI is InChI=1S/C18H13Br3/c1-10-4-3-5-12(8-10)15-13-7-6-11(2)9-14(13)16(19)18(21)17(15)20/h3-9H,1-2H3. The smallest absolute Gasteiger partial charge is 0.0472 e. The summed E-state index contributed by atoms with van der Waals surface area (Å²) in [6.45, 7) is 4.24. The van der Waals surface area contributed by atoms with E-state index in [1.165, 1.54) is 33.0 Å².